The first-order chi connectivity index (χ1) is 6.15. The van der Waals surface area contributed by atoms with Crippen LogP contribution in [0.1, 0.15) is 17.7 Å². The van der Waals surface area contributed by atoms with Gasteiger partial charge in [0.1, 0.15) is 0 Å². The van der Waals surface area contributed by atoms with Gasteiger partial charge in [0, 0.05) is 17.9 Å². The van der Waals surface area contributed by atoms with E-state index in [-0.39, 0.29) is 12.2 Å². The molecule has 0 amide bonds. The molecule has 0 spiro atoms. The summed E-state index contributed by atoms with van der Waals surface area (Å²) in [5.74, 6) is 0. The van der Waals surface area contributed by atoms with Crippen molar-refractivity contribution in [2.24, 2.45) is 0 Å². The standard InChI is InChI=1S/C8H12N2O3/c1-5-6(3-2-4-11)9-8(13)10-7(5)12/h11H,2-4H2,1H3,(H2,9,10,12,13). The van der Waals surface area contributed by atoms with Crippen LogP contribution in [0.2, 0.25) is 0 Å². The molecule has 0 aliphatic rings. The van der Waals surface area contributed by atoms with E-state index in [4.69, 9.17) is 5.11 Å². The predicted octanol–water partition coefficient (Wildman–Crippen LogP) is -0.703. The lowest BCUT2D eigenvalue weighted by atomic mass is 10.1. The lowest BCUT2D eigenvalue weighted by molar-refractivity contribution is 0.288. The number of aromatic nitrogens is 2. The molecule has 5 nitrogen and oxygen atoms in total. The van der Waals surface area contributed by atoms with Crippen molar-refractivity contribution in [3.63, 3.8) is 0 Å². The normalized spacial score (nSPS) is 10.3. The fourth-order valence-corrected chi connectivity index (χ4v) is 1.10. The number of aliphatic hydroxyl groups excluding tert-OH is 1. The molecule has 0 aliphatic heterocycles. The summed E-state index contributed by atoms with van der Waals surface area (Å²) in [5, 5.41) is 8.58. The van der Waals surface area contributed by atoms with Gasteiger partial charge in [0.2, 0.25) is 0 Å². The summed E-state index contributed by atoms with van der Waals surface area (Å²) < 4.78 is 0. The zero-order chi connectivity index (χ0) is 9.84. The number of aliphatic hydroxyl groups is 1. The molecule has 1 rings (SSSR count). The Bertz CT molecular complexity index is 391. The van der Waals surface area contributed by atoms with Crippen LogP contribution in [-0.2, 0) is 6.42 Å². The molecule has 1 heterocycles. The molecule has 13 heavy (non-hydrogen) atoms. The molecular weight excluding hydrogens is 172 g/mol. The molecule has 0 bridgehead atoms. The number of hydrogen-bond acceptors (Lipinski definition) is 3. The van der Waals surface area contributed by atoms with Gasteiger partial charge in [0.05, 0.1) is 0 Å². The fourth-order valence-electron chi connectivity index (χ4n) is 1.10. The Morgan fingerprint density at radius 2 is 2.00 bits per heavy atom. The van der Waals surface area contributed by atoms with Gasteiger partial charge in [-0.25, -0.2) is 4.79 Å². The van der Waals surface area contributed by atoms with Crippen molar-refractivity contribution in [1.29, 1.82) is 0 Å². The molecule has 3 N–H and O–H groups in total. The van der Waals surface area contributed by atoms with Crippen molar-refractivity contribution in [1.82, 2.24) is 9.97 Å². The molecule has 72 valence electrons. The van der Waals surface area contributed by atoms with Gasteiger partial charge in [-0.3, -0.25) is 9.78 Å². The van der Waals surface area contributed by atoms with E-state index in [1.807, 2.05) is 0 Å². The smallest absolute Gasteiger partial charge is 0.325 e. The van der Waals surface area contributed by atoms with Crippen LogP contribution in [0.4, 0.5) is 0 Å². The van der Waals surface area contributed by atoms with Crippen molar-refractivity contribution < 1.29 is 5.11 Å². The zero-order valence-corrected chi connectivity index (χ0v) is 7.39. The van der Waals surface area contributed by atoms with Crippen LogP contribution >= 0.6 is 0 Å². The molecule has 0 atom stereocenters. The van der Waals surface area contributed by atoms with Crippen molar-refractivity contribution in [3.8, 4) is 0 Å². The number of H-pyrrole nitrogens is 2. The second-order valence-electron chi connectivity index (χ2n) is 2.84. The lowest BCUT2D eigenvalue weighted by Gasteiger charge is -2.01. The topological polar surface area (TPSA) is 85.9 Å². The highest BCUT2D eigenvalue weighted by molar-refractivity contribution is 5.13. The van der Waals surface area contributed by atoms with E-state index >= 15 is 0 Å². The number of hydrogen-bond donors (Lipinski definition) is 3. The summed E-state index contributed by atoms with van der Waals surface area (Å²) in [6.45, 7) is 1.69. The van der Waals surface area contributed by atoms with E-state index in [1.54, 1.807) is 6.92 Å². The van der Waals surface area contributed by atoms with Gasteiger partial charge in [-0.1, -0.05) is 0 Å². The summed E-state index contributed by atoms with van der Waals surface area (Å²) in [5.41, 5.74) is 0.246. The SMILES string of the molecule is Cc1c(CCCO)[nH]c(=O)[nH]c1=O. The highest BCUT2D eigenvalue weighted by Gasteiger charge is 2.03. The molecule has 1 aromatic heterocycles. The van der Waals surface area contributed by atoms with Crippen molar-refractivity contribution in [2.45, 2.75) is 19.8 Å². The Labute approximate surface area is 74.4 Å². The highest BCUT2D eigenvalue weighted by atomic mass is 16.3. The van der Waals surface area contributed by atoms with Crippen LogP contribution in [0.15, 0.2) is 9.59 Å². The molecule has 0 saturated heterocycles. The van der Waals surface area contributed by atoms with Gasteiger partial charge in [-0.05, 0) is 19.8 Å². The molecule has 0 saturated carbocycles. The van der Waals surface area contributed by atoms with Crippen LogP contribution in [0.3, 0.4) is 0 Å². The molecule has 5 heteroatoms. The maximum Gasteiger partial charge on any atom is 0.325 e. The minimum Gasteiger partial charge on any atom is -0.396 e. The van der Waals surface area contributed by atoms with E-state index in [2.05, 4.69) is 9.97 Å². The van der Waals surface area contributed by atoms with Crippen molar-refractivity contribution >= 4 is 0 Å². The maximum absolute atomic E-state index is 11.1. The van der Waals surface area contributed by atoms with E-state index in [0.29, 0.717) is 24.1 Å². The minimum atomic E-state index is -0.497. The largest absolute Gasteiger partial charge is 0.396 e. The number of rotatable bonds is 3. The van der Waals surface area contributed by atoms with Crippen LogP contribution in [0.25, 0.3) is 0 Å². The third-order valence-electron chi connectivity index (χ3n) is 1.87. The Morgan fingerprint density at radius 1 is 1.31 bits per heavy atom. The van der Waals surface area contributed by atoms with Crippen molar-refractivity contribution in [2.75, 3.05) is 6.61 Å². The third kappa shape index (κ3) is 2.29. The predicted molar refractivity (Wildman–Crippen MR) is 47.8 cm³/mol. The van der Waals surface area contributed by atoms with E-state index in [9.17, 15) is 9.59 Å². The van der Waals surface area contributed by atoms with Crippen LogP contribution in [0.5, 0.6) is 0 Å². The van der Waals surface area contributed by atoms with E-state index in [1.165, 1.54) is 0 Å². The summed E-state index contributed by atoms with van der Waals surface area (Å²) >= 11 is 0. The molecular formula is C8H12N2O3. The van der Waals surface area contributed by atoms with Gasteiger partial charge in [0.25, 0.3) is 5.56 Å². The summed E-state index contributed by atoms with van der Waals surface area (Å²) in [4.78, 5) is 26.6. The first-order valence-corrected chi connectivity index (χ1v) is 4.08. The number of aromatic amines is 2. The highest BCUT2D eigenvalue weighted by Crippen LogP contribution is 1.98. The molecule has 0 aliphatic carbocycles. The Kier molecular flexibility index (Phi) is 3.02. The van der Waals surface area contributed by atoms with Crippen LogP contribution < -0.4 is 11.2 Å². The van der Waals surface area contributed by atoms with Gasteiger partial charge in [0.15, 0.2) is 0 Å². The molecule has 0 unspecified atom stereocenters. The molecule has 0 fully saturated rings. The lowest BCUT2D eigenvalue weighted by Crippen LogP contribution is -2.26. The Balaban J connectivity index is 3.06. The first kappa shape index (κ1) is 9.73. The van der Waals surface area contributed by atoms with Crippen molar-refractivity contribution in [3.05, 3.63) is 32.1 Å². The summed E-state index contributed by atoms with van der Waals surface area (Å²) in [7, 11) is 0. The van der Waals surface area contributed by atoms with Gasteiger partial charge >= 0.3 is 5.69 Å². The summed E-state index contributed by atoms with van der Waals surface area (Å²) in [6.07, 6.45) is 1.06. The molecule has 1 aromatic rings. The fraction of sp³-hybridized carbons (Fsp3) is 0.500. The van der Waals surface area contributed by atoms with Gasteiger partial charge in [-0.2, -0.15) is 0 Å². The quantitative estimate of drug-likeness (QED) is 0.580. The Hall–Kier alpha value is -1.36. The first-order valence-electron chi connectivity index (χ1n) is 4.08. The number of aryl methyl sites for hydroxylation is 1. The zero-order valence-electron chi connectivity index (χ0n) is 7.39. The Morgan fingerprint density at radius 3 is 2.62 bits per heavy atom. The third-order valence-corrected chi connectivity index (χ3v) is 1.87. The second kappa shape index (κ2) is 4.04. The molecule has 0 aromatic carbocycles. The average molecular weight is 184 g/mol. The van der Waals surface area contributed by atoms with Crippen LogP contribution in [0, 0.1) is 6.92 Å². The van der Waals surface area contributed by atoms with E-state index in [0.717, 1.165) is 0 Å². The maximum atomic E-state index is 11.1. The second-order valence-corrected chi connectivity index (χ2v) is 2.84. The van der Waals surface area contributed by atoms with Gasteiger partial charge in [-0.15, -0.1) is 0 Å². The molecule has 0 radical (unpaired) electrons. The van der Waals surface area contributed by atoms with Crippen LogP contribution in [-0.4, -0.2) is 21.7 Å². The summed E-state index contributed by atoms with van der Waals surface area (Å²) in [6, 6.07) is 0. The number of nitrogens with one attached hydrogen (secondary N) is 2. The average Bonchev–Trinajstić information content (AvgIpc) is 2.09. The monoisotopic (exact) mass is 184 g/mol. The van der Waals surface area contributed by atoms with Gasteiger partial charge < -0.3 is 10.1 Å². The van der Waals surface area contributed by atoms with E-state index < -0.39 is 5.69 Å². The minimum absolute atomic E-state index is 0.0499.